The molecule has 0 aliphatic rings. The van der Waals surface area contributed by atoms with Crippen LogP contribution in [-0.4, -0.2) is 14.3 Å². The minimum atomic E-state index is -4.94. The van der Waals surface area contributed by atoms with Gasteiger partial charge in [0.2, 0.25) is 5.91 Å². The largest absolute Gasteiger partial charge is 0.399 e. The molecule has 1 rings (SSSR count). The Bertz CT molecular complexity index is 415. The minimum Gasteiger partial charge on any atom is -0.274 e. The van der Waals surface area contributed by atoms with Gasteiger partial charge < -0.3 is 0 Å². The lowest BCUT2D eigenvalue weighted by Crippen LogP contribution is -2.28. The molecule has 14 heavy (non-hydrogen) atoms. The van der Waals surface area contributed by atoms with Crippen molar-refractivity contribution in [3.8, 4) is 0 Å². The summed E-state index contributed by atoms with van der Waals surface area (Å²) < 4.78 is 33.3. The summed E-state index contributed by atoms with van der Waals surface area (Å²) in [6, 6.07) is 8.45. The number of benzene rings is 1. The fourth-order valence-corrected chi connectivity index (χ4v) is 1.30. The summed E-state index contributed by atoms with van der Waals surface area (Å²) in [6.07, 6.45) is -0.163. The molecule has 0 saturated carbocycles. The number of nitrogens with one attached hydrogen (secondary N) is 1. The van der Waals surface area contributed by atoms with E-state index in [1.165, 1.54) is 4.72 Å². The Morgan fingerprint density at radius 1 is 1.29 bits per heavy atom. The summed E-state index contributed by atoms with van der Waals surface area (Å²) in [4.78, 5) is 10.9. The van der Waals surface area contributed by atoms with E-state index in [2.05, 4.69) is 0 Å². The SMILES string of the molecule is O=C(Cc1ccccc1)NS(=O)(=O)[18F]. The average molecular weight is 216 g/mol. The molecule has 0 spiro atoms. The third kappa shape index (κ3) is 3.99. The number of rotatable bonds is 3. The molecule has 1 aromatic rings. The van der Waals surface area contributed by atoms with Crippen molar-refractivity contribution >= 4 is 16.3 Å². The number of halogens is 1. The van der Waals surface area contributed by atoms with Crippen molar-refractivity contribution in [1.82, 2.24) is 4.72 Å². The van der Waals surface area contributed by atoms with E-state index < -0.39 is 16.3 Å². The maximum Gasteiger partial charge on any atom is 0.399 e. The van der Waals surface area contributed by atoms with Crippen LogP contribution < -0.4 is 4.72 Å². The Hall–Kier alpha value is -1.43. The number of carbonyl (C=O) groups is 1. The van der Waals surface area contributed by atoms with Gasteiger partial charge in [-0.25, -0.2) is 4.72 Å². The fraction of sp³-hybridized carbons (Fsp3) is 0.125. The second kappa shape index (κ2) is 4.19. The van der Waals surface area contributed by atoms with Crippen molar-refractivity contribution in [1.29, 1.82) is 0 Å². The van der Waals surface area contributed by atoms with Crippen molar-refractivity contribution in [3.63, 3.8) is 0 Å². The zero-order valence-electron chi connectivity index (χ0n) is 7.10. The van der Waals surface area contributed by atoms with Crippen LogP contribution in [0.2, 0.25) is 0 Å². The lowest BCUT2D eigenvalue weighted by molar-refractivity contribution is -0.118. The molecule has 1 amide bonds. The maximum absolute atomic E-state index is 12.0. The van der Waals surface area contributed by atoms with E-state index in [0.29, 0.717) is 5.56 Å². The van der Waals surface area contributed by atoms with Gasteiger partial charge in [0.15, 0.2) is 0 Å². The monoisotopic (exact) mass is 216 g/mol. The predicted octanol–water partition coefficient (Wildman–Crippen LogP) is 0.560. The molecule has 1 aromatic carbocycles. The first kappa shape index (κ1) is 10.6. The first-order chi connectivity index (χ1) is 6.47. The second-order valence-electron chi connectivity index (χ2n) is 2.63. The van der Waals surface area contributed by atoms with Crippen molar-refractivity contribution in [2.45, 2.75) is 6.42 Å². The highest BCUT2D eigenvalue weighted by atomic mass is 32.3. The second-order valence-corrected chi connectivity index (χ2v) is 3.71. The topological polar surface area (TPSA) is 63.2 Å². The summed E-state index contributed by atoms with van der Waals surface area (Å²) in [7, 11) is -4.94. The highest BCUT2D eigenvalue weighted by molar-refractivity contribution is 7.84. The molecule has 0 aliphatic heterocycles. The van der Waals surface area contributed by atoms with Gasteiger partial charge in [-0.1, -0.05) is 34.2 Å². The van der Waals surface area contributed by atoms with Gasteiger partial charge in [0.05, 0.1) is 6.42 Å². The third-order valence-corrected chi connectivity index (χ3v) is 1.91. The van der Waals surface area contributed by atoms with Crippen molar-refractivity contribution in [2.75, 3.05) is 0 Å². The Morgan fingerprint density at radius 3 is 2.36 bits per heavy atom. The van der Waals surface area contributed by atoms with Gasteiger partial charge in [-0.2, -0.15) is 8.42 Å². The highest BCUT2D eigenvalue weighted by Crippen LogP contribution is 1.99. The van der Waals surface area contributed by atoms with E-state index in [4.69, 9.17) is 0 Å². The van der Waals surface area contributed by atoms with Gasteiger partial charge in [-0.05, 0) is 5.56 Å². The smallest absolute Gasteiger partial charge is 0.274 e. The molecule has 1 N–H and O–H groups in total. The van der Waals surface area contributed by atoms with Gasteiger partial charge in [0, 0.05) is 0 Å². The lowest BCUT2D eigenvalue weighted by Gasteiger charge is -1.99. The molecule has 6 heteroatoms. The lowest BCUT2D eigenvalue weighted by atomic mass is 10.1. The Balaban J connectivity index is 2.59. The molecule has 0 aromatic heterocycles. The zero-order valence-corrected chi connectivity index (χ0v) is 7.92. The quantitative estimate of drug-likeness (QED) is 0.751. The van der Waals surface area contributed by atoms with Gasteiger partial charge >= 0.3 is 10.4 Å². The Labute approximate surface area is 81.1 Å². The van der Waals surface area contributed by atoms with E-state index >= 15 is 0 Å². The zero-order chi connectivity index (χ0) is 10.6. The number of amides is 1. The van der Waals surface area contributed by atoms with E-state index in [9.17, 15) is 17.1 Å². The molecule has 0 fully saturated rings. The predicted molar refractivity (Wildman–Crippen MR) is 48.3 cm³/mol. The Morgan fingerprint density at radius 2 is 1.86 bits per heavy atom. The van der Waals surface area contributed by atoms with Gasteiger partial charge in [-0.3, -0.25) is 4.79 Å². The molecule has 0 atom stereocenters. The van der Waals surface area contributed by atoms with Crippen LogP contribution >= 0.6 is 0 Å². The van der Waals surface area contributed by atoms with Gasteiger partial charge in [-0.15, -0.1) is 0 Å². The molecule has 4 nitrogen and oxygen atoms in total. The summed E-state index contributed by atoms with van der Waals surface area (Å²) in [6.45, 7) is 0. The summed E-state index contributed by atoms with van der Waals surface area (Å²) >= 11 is 0. The summed E-state index contributed by atoms with van der Waals surface area (Å²) in [5.74, 6) is -0.890. The first-order valence-electron chi connectivity index (χ1n) is 3.76. The average Bonchev–Trinajstić information content (AvgIpc) is 2.02. The van der Waals surface area contributed by atoms with E-state index in [-0.39, 0.29) is 6.42 Å². The summed E-state index contributed by atoms with van der Waals surface area (Å²) in [5.41, 5.74) is 0.619. The van der Waals surface area contributed by atoms with Crippen molar-refractivity contribution < 1.29 is 17.1 Å². The van der Waals surface area contributed by atoms with E-state index in [0.717, 1.165) is 0 Å². The first-order valence-corrected chi connectivity index (χ1v) is 5.15. The van der Waals surface area contributed by atoms with Crippen LogP contribution in [0.3, 0.4) is 0 Å². The normalized spacial score (nSPS) is 10.9. The van der Waals surface area contributed by atoms with Gasteiger partial charge in [0.25, 0.3) is 0 Å². The molecule has 0 aliphatic carbocycles. The summed E-state index contributed by atoms with van der Waals surface area (Å²) in [5, 5.41) is 0. The van der Waals surface area contributed by atoms with Crippen LogP contribution in [0.15, 0.2) is 30.3 Å². The molecule has 0 radical (unpaired) electrons. The molecule has 0 heterocycles. The van der Waals surface area contributed by atoms with E-state index in [1.54, 1.807) is 30.3 Å². The van der Waals surface area contributed by atoms with Crippen LogP contribution in [0.5, 0.6) is 0 Å². The van der Waals surface area contributed by atoms with Crippen LogP contribution in [0.1, 0.15) is 5.56 Å². The third-order valence-electron chi connectivity index (χ3n) is 1.44. The standard InChI is InChI=1S/C8H8FNO3S/c9-14(12,13)10-8(11)6-7-4-2-1-3-5-7/h1-5H,6H2,(H,10,11)/i9-1. The van der Waals surface area contributed by atoms with Gasteiger partial charge in [0.1, 0.15) is 0 Å². The molecule has 0 unspecified atom stereocenters. The molecule has 0 bridgehead atoms. The molecule has 76 valence electrons. The number of hydrogen-bond donors (Lipinski definition) is 1. The number of carbonyl (C=O) groups excluding carboxylic acids is 1. The highest BCUT2D eigenvalue weighted by Gasteiger charge is 2.11. The van der Waals surface area contributed by atoms with E-state index in [1.807, 2.05) is 0 Å². The van der Waals surface area contributed by atoms with Crippen LogP contribution in [0, 0.1) is 0 Å². The van der Waals surface area contributed by atoms with Crippen molar-refractivity contribution in [2.24, 2.45) is 0 Å². The van der Waals surface area contributed by atoms with Crippen LogP contribution in [0.25, 0.3) is 0 Å². The molecule has 0 saturated heterocycles. The molecular formula is C8H8FNO3S. The molecular weight excluding hydrogens is 208 g/mol. The minimum absolute atomic E-state index is 0.163. The maximum atomic E-state index is 12.0. The fourth-order valence-electron chi connectivity index (χ4n) is 0.953. The van der Waals surface area contributed by atoms with Crippen LogP contribution in [-0.2, 0) is 21.6 Å². The Kier molecular flexibility index (Phi) is 3.19. The van der Waals surface area contributed by atoms with Crippen LogP contribution in [0.4, 0.5) is 3.89 Å². The number of hydrogen-bond acceptors (Lipinski definition) is 3. The van der Waals surface area contributed by atoms with Crippen molar-refractivity contribution in [3.05, 3.63) is 35.9 Å².